The summed E-state index contributed by atoms with van der Waals surface area (Å²) >= 11 is 3.28. The third kappa shape index (κ3) is 4.66. The largest absolute Gasteiger partial charge is 0.294 e. The average Bonchev–Trinajstić information content (AvgIpc) is 3.19. The number of aromatic amines is 1. The van der Waals surface area contributed by atoms with E-state index in [2.05, 4.69) is 49.5 Å². The van der Waals surface area contributed by atoms with E-state index in [0.717, 1.165) is 32.0 Å². The normalized spacial score (nSPS) is 13.9. The van der Waals surface area contributed by atoms with Crippen LogP contribution in [0.15, 0.2) is 51.6 Å². The smallest absolute Gasteiger partial charge is 0.252 e. The molecule has 5 aromatic rings. The maximum Gasteiger partial charge on any atom is 0.252 e. The molecule has 1 aliphatic carbocycles. The third-order valence-electron chi connectivity index (χ3n) is 6.38. The molecule has 1 aliphatic rings. The molecule has 6 rings (SSSR count). The molecular weight excluding hydrogens is 476 g/mol. The molecule has 0 radical (unpaired) electrons. The second kappa shape index (κ2) is 9.05. The number of thioether (sulfide) groups is 1. The second-order valence-corrected chi connectivity index (χ2v) is 11.2. The van der Waals surface area contributed by atoms with E-state index in [1.54, 1.807) is 23.1 Å². The van der Waals surface area contributed by atoms with E-state index >= 15 is 0 Å². The number of aryl methyl sites for hydroxylation is 2. The molecule has 7 nitrogen and oxygen atoms in total. The lowest BCUT2D eigenvalue weighted by Crippen LogP contribution is -2.13. The standard InChI is InChI=1S/C26H24N6OS2/c1-14-6-8-20-19(10-14)15(2)27-24(29-20)32-25-28-18(12-23(33)31-25)13-34-26-30-21-11-17(16-4-3-5-16)7-9-22(21)35-26/h6-12,16H,3-5,13H2,1-2H3,(H2,27,28,29,31,32,33). The molecule has 1 fully saturated rings. The van der Waals surface area contributed by atoms with Crippen molar-refractivity contribution in [3.8, 4) is 0 Å². The lowest BCUT2D eigenvalue weighted by molar-refractivity contribution is 0.420. The minimum absolute atomic E-state index is 0.222. The van der Waals surface area contributed by atoms with Crippen LogP contribution in [0.25, 0.3) is 21.1 Å². The molecule has 0 bridgehead atoms. The fourth-order valence-electron chi connectivity index (χ4n) is 4.31. The molecule has 35 heavy (non-hydrogen) atoms. The number of nitrogens with zero attached hydrogens (tertiary/aromatic N) is 4. The Hall–Kier alpha value is -3.30. The van der Waals surface area contributed by atoms with Gasteiger partial charge in [-0.05, 0) is 62.4 Å². The quantitative estimate of drug-likeness (QED) is 0.266. The van der Waals surface area contributed by atoms with Crippen LogP contribution in [0, 0.1) is 13.8 Å². The Kier molecular flexibility index (Phi) is 5.74. The van der Waals surface area contributed by atoms with E-state index in [1.165, 1.54) is 35.6 Å². The van der Waals surface area contributed by atoms with E-state index in [-0.39, 0.29) is 5.56 Å². The maximum absolute atomic E-state index is 12.3. The fraction of sp³-hybridized carbons (Fsp3) is 0.269. The number of H-pyrrole nitrogens is 1. The number of aromatic nitrogens is 5. The second-order valence-electron chi connectivity index (χ2n) is 8.99. The zero-order valence-electron chi connectivity index (χ0n) is 19.5. The lowest BCUT2D eigenvalue weighted by Gasteiger charge is -2.25. The van der Waals surface area contributed by atoms with E-state index in [4.69, 9.17) is 4.98 Å². The Bertz CT molecular complexity index is 1620. The van der Waals surface area contributed by atoms with E-state index < -0.39 is 0 Å². The Morgan fingerprint density at radius 2 is 1.91 bits per heavy atom. The van der Waals surface area contributed by atoms with E-state index in [0.29, 0.717) is 29.3 Å². The first kappa shape index (κ1) is 22.2. The molecule has 0 spiro atoms. The minimum Gasteiger partial charge on any atom is -0.294 e. The molecule has 0 aliphatic heterocycles. The van der Waals surface area contributed by atoms with Crippen molar-refractivity contribution in [2.45, 2.75) is 49.1 Å². The zero-order chi connectivity index (χ0) is 23.9. The number of anilines is 2. The number of hydrogen-bond donors (Lipinski definition) is 2. The molecule has 0 atom stereocenters. The van der Waals surface area contributed by atoms with Crippen molar-refractivity contribution >= 4 is 56.1 Å². The Morgan fingerprint density at radius 1 is 1.03 bits per heavy atom. The molecule has 2 aromatic carbocycles. The van der Waals surface area contributed by atoms with E-state index in [9.17, 15) is 4.79 Å². The van der Waals surface area contributed by atoms with Gasteiger partial charge in [0.15, 0.2) is 4.34 Å². The Morgan fingerprint density at radius 3 is 2.74 bits per heavy atom. The molecule has 3 aromatic heterocycles. The number of nitrogens with one attached hydrogen (secondary N) is 2. The summed E-state index contributed by atoms with van der Waals surface area (Å²) < 4.78 is 2.17. The molecule has 0 unspecified atom stereocenters. The number of hydrogen-bond acceptors (Lipinski definition) is 8. The summed E-state index contributed by atoms with van der Waals surface area (Å²) in [6.45, 7) is 4.00. The molecule has 9 heteroatoms. The van der Waals surface area contributed by atoms with Gasteiger partial charge in [-0.15, -0.1) is 11.3 Å². The topological polar surface area (TPSA) is 96.5 Å². The summed E-state index contributed by atoms with van der Waals surface area (Å²) in [7, 11) is 0. The summed E-state index contributed by atoms with van der Waals surface area (Å²) in [6, 6.07) is 14.3. The van der Waals surface area contributed by atoms with Crippen molar-refractivity contribution in [2.24, 2.45) is 0 Å². The number of fused-ring (bicyclic) bond motifs is 2. The van der Waals surface area contributed by atoms with Crippen LogP contribution in [0.2, 0.25) is 0 Å². The van der Waals surface area contributed by atoms with Crippen molar-refractivity contribution in [3.63, 3.8) is 0 Å². The van der Waals surface area contributed by atoms with Gasteiger partial charge in [0, 0.05) is 17.2 Å². The van der Waals surface area contributed by atoms with Crippen LogP contribution < -0.4 is 10.9 Å². The Balaban J connectivity index is 1.20. The molecule has 0 amide bonds. The molecular formula is C26H24N6OS2. The van der Waals surface area contributed by atoms with Crippen molar-refractivity contribution in [1.29, 1.82) is 0 Å². The fourth-order valence-corrected chi connectivity index (χ4v) is 6.26. The maximum atomic E-state index is 12.3. The van der Waals surface area contributed by atoms with Gasteiger partial charge in [0.25, 0.3) is 5.56 Å². The first-order valence-electron chi connectivity index (χ1n) is 11.7. The molecule has 2 N–H and O–H groups in total. The van der Waals surface area contributed by atoms with Gasteiger partial charge in [-0.25, -0.2) is 19.9 Å². The van der Waals surface area contributed by atoms with Crippen molar-refractivity contribution in [1.82, 2.24) is 24.9 Å². The van der Waals surface area contributed by atoms with Crippen molar-refractivity contribution < 1.29 is 0 Å². The predicted octanol–water partition coefficient (Wildman–Crippen LogP) is 6.24. The highest BCUT2D eigenvalue weighted by Gasteiger charge is 2.20. The van der Waals surface area contributed by atoms with E-state index in [1.807, 2.05) is 26.0 Å². The monoisotopic (exact) mass is 500 g/mol. The number of rotatable bonds is 6. The number of thiazole rings is 1. The van der Waals surface area contributed by atoms with Gasteiger partial charge < -0.3 is 0 Å². The van der Waals surface area contributed by atoms with Gasteiger partial charge >= 0.3 is 0 Å². The van der Waals surface area contributed by atoms with Crippen LogP contribution in [-0.2, 0) is 5.75 Å². The predicted molar refractivity (Wildman–Crippen MR) is 143 cm³/mol. The molecule has 1 saturated carbocycles. The number of benzene rings is 2. The van der Waals surface area contributed by atoms with Crippen LogP contribution in [0.3, 0.4) is 0 Å². The summed E-state index contributed by atoms with van der Waals surface area (Å²) in [5.41, 5.74) is 5.78. The van der Waals surface area contributed by atoms with Gasteiger partial charge in [-0.1, -0.05) is 35.9 Å². The summed E-state index contributed by atoms with van der Waals surface area (Å²) in [5.74, 6) is 1.97. The first-order valence-corrected chi connectivity index (χ1v) is 13.5. The Labute approximate surface area is 210 Å². The first-order chi connectivity index (χ1) is 17.0. The average molecular weight is 501 g/mol. The van der Waals surface area contributed by atoms with Gasteiger partial charge in [-0.3, -0.25) is 15.1 Å². The SMILES string of the molecule is Cc1ccc2nc(Nc3nc(CSc4nc5cc(C6CCC6)ccc5s4)cc(=O)[nH]3)nc(C)c2c1. The highest BCUT2D eigenvalue weighted by atomic mass is 32.2. The van der Waals surface area contributed by atoms with Crippen molar-refractivity contribution in [3.05, 3.63) is 75.3 Å². The molecule has 176 valence electrons. The van der Waals surface area contributed by atoms with Crippen LogP contribution in [0.1, 0.15) is 47.7 Å². The highest BCUT2D eigenvalue weighted by molar-refractivity contribution is 8.00. The van der Waals surface area contributed by atoms with Gasteiger partial charge in [0.05, 0.1) is 27.1 Å². The van der Waals surface area contributed by atoms with Gasteiger partial charge in [0.1, 0.15) is 0 Å². The van der Waals surface area contributed by atoms with Crippen LogP contribution in [0.4, 0.5) is 11.9 Å². The lowest BCUT2D eigenvalue weighted by atomic mass is 9.80. The summed E-state index contributed by atoms with van der Waals surface area (Å²) in [6.07, 6.45) is 3.89. The van der Waals surface area contributed by atoms with Crippen LogP contribution in [-0.4, -0.2) is 24.9 Å². The zero-order valence-corrected chi connectivity index (χ0v) is 21.1. The third-order valence-corrected chi connectivity index (χ3v) is 8.59. The molecule has 3 heterocycles. The summed E-state index contributed by atoms with van der Waals surface area (Å²) in [4.78, 5) is 33.6. The summed E-state index contributed by atoms with van der Waals surface area (Å²) in [5, 5.41) is 4.08. The molecule has 0 saturated heterocycles. The van der Waals surface area contributed by atoms with Crippen LogP contribution in [0.5, 0.6) is 0 Å². The van der Waals surface area contributed by atoms with Gasteiger partial charge in [-0.2, -0.15) is 0 Å². The van der Waals surface area contributed by atoms with Crippen molar-refractivity contribution in [2.75, 3.05) is 5.32 Å². The van der Waals surface area contributed by atoms with Crippen LogP contribution >= 0.6 is 23.1 Å². The van der Waals surface area contributed by atoms with Gasteiger partial charge in [0.2, 0.25) is 11.9 Å². The highest BCUT2D eigenvalue weighted by Crippen LogP contribution is 2.39. The minimum atomic E-state index is -0.222.